The summed E-state index contributed by atoms with van der Waals surface area (Å²) in [5.41, 5.74) is 4.20. The Morgan fingerprint density at radius 2 is 2.00 bits per heavy atom. The average molecular weight is 417 g/mol. The number of hydrogen-bond acceptors (Lipinski definition) is 6. The second-order valence-corrected chi connectivity index (χ2v) is 8.72. The van der Waals surface area contributed by atoms with Gasteiger partial charge in [0, 0.05) is 23.6 Å². The molecule has 3 N–H and O–H groups in total. The van der Waals surface area contributed by atoms with Crippen molar-refractivity contribution in [3.05, 3.63) is 48.2 Å². The molecule has 0 atom stereocenters. The normalized spacial score (nSPS) is 12.1. The van der Waals surface area contributed by atoms with Gasteiger partial charge in [-0.05, 0) is 56.4 Å². The molecule has 0 amide bonds. The van der Waals surface area contributed by atoms with Gasteiger partial charge in [0.1, 0.15) is 11.0 Å². The maximum absolute atomic E-state index is 12.6. The highest BCUT2D eigenvalue weighted by Gasteiger charge is 2.15. The minimum absolute atomic E-state index is 0.396. The Hall–Kier alpha value is -2.69. The van der Waals surface area contributed by atoms with Crippen LogP contribution in [0.2, 0.25) is 0 Å². The van der Waals surface area contributed by atoms with Crippen molar-refractivity contribution in [2.24, 2.45) is 0 Å². The van der Waals surface area contributed by atoms with Crippen LogP contribution in [-0.4, -0.2) is 47.7 Å². The van der Waals surface area contributed by atoms with E-state index in [-0.39, 0.29) is 0 Å². The molecule has 2 heterocycles. The van der Waals surface area contributed by atoms with E-state index in [1.54, 1.807) is 24.3 Å². The van der Waals surface area contributed by atoms with Gasteiger partial charge >= 0.3 is 10.2 Å². The molecule has 4 aromatic rings. The summed E-state index contributed by atoms with van der Waals surface area (Å²) in [4.78, 5) is 5.35. The number of hydrogen-bond donors (Lipinski definition) is 3. The van der Waals surface area contributed by atoms with Crippen LogP contribution in [0.3, 0.4) is 0 Å². The molecule has 0 aliphatic carbocycles. The smallest absolute Gasteiger partial charge is 0.321 e. The van der Waals surface area contributed by atoms with Gasteiger partial charge in [-0.15, -0.1) is 0 Å². The molecule has 8 nitrogen and oxygen atoms in total. The molecule has 10 heteroatoms. The molecule has 0 spiro atoms. The summed E-state index contributed by atoms with van der Waals surface area (Å²) in [5, 5.41) is 1.01. The van der Waals surface area contributed by atoms with Crippen LogP contribution >= 0.6 is 11.7 Å². The van der Waals surface area contributed by atoms with E-state index in [9.17, 15) is 8.42 Å². The number of likely N-dealkylation sites (N-methyl/N-ethyl adjacent to an activating group) is 1. The third-order valence-electron chi connectivity index (χ3n) is 4.38. The zero-order chi connectivity index (χ0) is 19.7. The van der Waals surface area contributed by atoms with Crippen LogP contribution in [0.25, 0.3) is 21.9 Å². The molecule has 0 saturated carbocycles. The van der Waals surface area contributed by atoms with Crippen LogP contribution in [0.4, 0.5) is 11.4 Å². The van der Waals surface area contributed by atoms with Crippen LogP contribution in [0.5, 0.6) is 0 Å². The Bertz CT molecular complexity index is 1230. The van der Waals surface area contributed by atoms with E-state index >= 15 is 0 Å². The monoisotopic (exact) mass is 416 g/mol. The van der Waals surface area contributed by atoms with E-state index in [1.807, 2.05) is 32.4 Å². The Balaban J connectivity index is 1.58. The van der Waals surface area contributed by atoms with Gasteiger partial charge in [0.2, 0.25) is 0 Å². The van der Waals surface area contributed by atoms with Crippen LogP contribution in [-0.2, 0) is 16.6 Å². The molecular formula is C18H20N6O2S2. The number of aromatic amines is 1. The van der Waals surface area contributed by atoms with Crippen LogP contribution in [0, 0.1) is 0 Å². The van der Waals surface area contributed by atoms with Crippen LogP contribution in [0.15, 0.2) is 42.6 Å². The quantitative estimate of drug-likeness (QED) is 0.430. The van der Waals surface area contributed by atoms with Gasteiger partial charge in [0.05, 0.1) is 23.1 Å². The molecule has 2 aromatic heterocycles. The van der Waals surface area contributed by atoms with E-state index < -0.39 is 10.2 Å². The highest BCUT2D eigenvalue weighted by Crippen LogP contribution is 2.25. The van der Waals surface area contributed by atoms with Crippen molar-refractivity contribution >= 4 is 55.2 Å². The van der Waals surface area contributed by atoms with Crippen molar-refractivity contribution in [1.29, 1.82) is 0 Å². The highest BCUT2D eigenvalue weighted by atomic mass is 32.2. The van der Waals surface area contributed by atoms with E-state index in [1.165, 1.54) is 0 Å². The van der Waals surface area contributed by atoms with Gasteiger partial charge in [-0.25, -0.2) is 0 Å². The third-order valence-corrected chi connectivity index (χ3v) is 5.91. The number of nitrogens with zero attached hydrogens (tertiary/aromatic N) is 3. The molecule has 2 aromatic carbocycles. The molecule has 0 aliphatic rings. The van der Waals surface area contributed by atoms with Crippen molar-refractivity contribution in [2.75, 3.05) is 30.1 Å². The SMILES string of the molecule is CN(C)CCc1c[nH]c2ccc(NS(=O)(=O)Nc3cccc4nsnc34)cc12. The molecule has 0 bridgehead atoms. The van der Waals surface area contributed by atoms with Crippen molar-refractivity contribution in [1.82, 2.24) is 18.6 Å². The minimum Gasteiger partial charge on any atom is -0.361 e. The molecule has 0 saturated heterocycles. The van der Waals surface area contributed by atoms with E-state index in [4.69, 9.17) is 0 Å². The molecule has 28 heavy (non-hydrogen) atoms. The summed E-state index contributed by atoms with van der Waals surface area (Å²) in [6.45, 7) is 0.913. The summed E-state index contributed by atoms with van der Waals surface area (Å²) in [6.07, 6.45) is 2.85. The van der Waals surface area contributed by atoms with Crippen LogP contribution < -0.4 is 9.44 Å². The fraction of sp³-hybridized carbons (Fsp3) is 0.222. The number of H-pyrrole nitrogens is 1. The fourth-order valence-corrected chi connectivity index (χ4v) is 4.50. The summed E-state index contributed by atoms with van der Waals surface area (Å²) in [6, 6.07) is 10.7. The molecule has 0 radical (unpaired) electrons. The first-order valence-corrected chi connectivity index (χ1v) is 10.9. The number of rotatable bonds is 7. The van der Waals surface area contributed by atoms with Crippen molar-refractivity contribution in [3.63, 3.8) is 0 Å². The Kier molecular flexibility index (Phi) is 4.92. The van der Waals surface area contributed by atoms with E-state index in [2.05, 4.69) is 28.1 Å². The second-order valence-electron chi connectivity index (χ2n) is 6.77. The summed E-state index contributed by atoms with van der Waals surface area (Å²) < 4.78 is 38.7. The number of fused-ring (bicyclic) bond motifs is 2. The maximum atomic E-state index is 12.6. The molecular weight excluding hydrogens is 396 g/mol. The Labute approximate surface area is 167 Å². The van der Waals surface area contributed by atoms with E-state index in [0.29, 0.717) is 22.4 Å². The maximum Gasteiger partial charge on any atom is 0.321 e. The lowest BCUT2D eigenvalue weighted by Crippen LogP contribution is -2.21. The Morgan fingerprint density at radius 1 is 1.14 bits per heavy atom. The molecule has 4 rings (SSSR count). The molecule has 0 fully saturated rings. The molecule has 146 valence electrons. The summed E-state index contributed by atoms with van der Waals surface area (Å²) >= 11 is 1.05. The number of nitrogens with one attached hydrogen (secondary N) is 3. The fourth-order valence-electron chi connectivity index (χ4n) is 3.01. The lowest BCUT2D eigenvalue weighted by Gasteiger charge is -2.11. The minimum atomic E-state index is -3.83. The second kappa shape index (κ2) is 7.38. The first-order chi connectivity index (χ1) is 13.4. The lowest BCUT2D eigenvalue weighted by molar-refractivity contribution is 0.414. The first kappa shape index (κ1) is 18.7. The van der Waals surface area contributed by atoms with Crippen LogP contribution in [0.1, 0.15) is 5.56 Å². The zero-order valence-corrected chi connectivity index (χ0v) is 17.1. The summed E-state index contributed by atoms with van der Waals surface area (Å²) in [7, 11) is 0.224. The average Bonchev–Trinajstić information content (AvgIpc) is 3.26. The topological polar surface area (TPSA) is 103 Å². The van der Waals surface area contributed by atoms with Gasteiger partial charge in [-0.2, -0.15) is 17.2 Å². The van der Waals surface area contributed by atoms with E-state index in [0.717, 1.165) is 41.2 Å². The third kappa shape index (κ3) is 3.93. The molecule has 0 unspecified atom stereocenters. The standard InChI is InChI=1S/C18H20N6O2S2/c1-24(2)9-8-12-11-19-15-7-6-13(10-14(12)15)22-28(25,26)23-17-5-3-4-16-18(17)21-27-20-16/h3-7,10-11,19,22-23H,8-9H2,1-2H3. The van der Waals surface area contributed by atoms with Crippen molar-refractivity contribution in [3.8, 4) is 0 Å². The lowest BCUT2D eigenvalue weighted by atomic mass is 10.1. The highest BCUT2D eigenvalue weighted by molar-refractivity contribution is 7.94. The van der Waals surface area contributed by atoms with Gasteiger partial charge < -0.3 is 9.88 Å². The largest absolute Gasteiger partial charge is 0.361 e. The number of anilines is 2. The zero-order valence-electron chi connectivity index (χ0n) is 15.4. The Morgan fingerprint density at radius 3 is 2.82 bits per heavy atom. The van der Waals surface area contributed by atoms with Gasteiger partial charge in [-0.3, -0.25) is 9.44 Å². The van der Waals surface area contributed by atoms with Crippen molar-refractivity contribution < 1.29 is 8.42 Å². The predicted octanol–water partition coefficient (Wildman–Crippen LogP) is 3.05. The number of benzene rings is 2. The van der Waals surface area contributed by atoms with Gasteiger partial charge in [0.15, 0.2) is 0 Å². The summed E-state index contributed by atoms with van der Waals surface area (Å²) in [5.74, 6) is 0. The van der Waals surface area contributed by atoms with Gasteiger partial charge in [-0.1, -0.05) is 6.07 Å². The van der Waals surface area contributed by atoms with Gasteiger partial charge in [0.25, 0.3) is 0 Å². The number of aromatic nitrogens is 3. The van der Waals surface area contributed by atoms with Crippen molar-refractivity contribution in [2.45, 2.75) is 6.42 Å². The predicted molar refractivity (Wildman–Crippen MR) is 114 cm³/mol. The first-order valence-electron chi connectivity index (χ1n) is 8.68. The molecule has 0 aliphatic heterocycles.